The van der Waals surface area contributed by atoms with Crippen LogP contribution in [0.2, 0.25) is 0 Å². The summed E-state index contributed by atoms with van der Waals surface area (Å²) in [5, 5.41) is 2.08. The number of benzene rings is 4. The number of alkyl halides is 1. The van der Waals surface area contributed by atoms with Gasteiger partial charge in [0.25, 0.3) is 0 Å². The van der Waals surface area contributed by atoms with Crippen molar-refractivity contribution in [3.8, 4) is 28.9 Å². The average molecular weight is 661 g/mol. The van der Waals surface area contributed by atoms with E-state index in [1.54, 1.807) is 6.20 Å². The predicted octanol–water partition coefficient (Wildman–Crippen LogP) is 8.74. The molecular formula is C40H38F2N4O3. The van der Waals surface area contributed by atoms with E-state index in [-0.39, 0.29) is 29.7 Å². The molecule has 0 radical (unpaired) electrons. The second kappa shape index (κ2) is 15.4. The first kappa shape index (κ1) is 32.4. The van der Waals surface area contributed by atoms with Crippen molar-refractivity contribution >= 4 is 21.7 Å². The molecule has 0 saturated carbocycles. The number of unbranched alkanes of at least 4 members (excludes halogenated alkanes) is 2. The molecule has 1 aliphatic heterocycles. The van der Waals surface area contributed by atoms with Crippen LogP contribution in [0.15, 0.2) is 103 Å². The summed E-state index contributed by atoms with van der Waals surface area (Å²) in [7, 11) is 0. The third-order valence-electron chi connectivity index (χ3n) is 8.75. The summed E-state index contributed by atoms with van der Waals surface area (Å²) in [5.41, 5.74) is 2.77. The molecule has 6 aromatic rings. The second-order valence-corrected chi connectivity index (χ2v) is 12.3. The second-order valence-electron chi connectivity index (χ2n) is 12.3. The van der Waals surface area contributed by atoms with Gasteiger partial charge in [0.05, 0.1) is 12.0 Å². The normalized spacial score (nSPS) is 14.8. The molecule has 1 atom stereocenters. The van der Waals surface area contributed by atoms with Crippen LogP contribution in [0.25, 0.3) is 32.9 Å². The Bertz CT molecular complexity index is 2010. The Morgan fingerprint density at radius 2 is 1.49 bits per heavy atom. The molecule has 1 fully saturated rings. The quantitative estimate of drug-likeness (QED) is 0.108. The van der Waals surface area contributed by atoms with Gasteiger partial charge in [-0.15, -0.1) is 0 Å². The minimum absolute atomic E-state index is 0.0382. The van der Waals surface area contributed by atoms with Crippen molar-refractivity contribution in [1.29, 1.82) is 0 Å². The van der Waals surface area contributed by atoms with Gasteiger partial charge >= 0.3 is 6.01 Å². The first-order valence-corrected chi connectivity index (χ1v) is 16.8. The molecule has 49 heavy (non-hydrogen) atoms. The van der Waals surface area contributed by atoms with E-state index in [4.69, 9.17) is 14.2 Å². The van der Waals surface area contributed by atoms with Gasteiger partial charge < -0.3 is 19.1 Å². The molecule has 4 aromatic carbocycles. The average Bonchev–Trinajstić information content (AvgIpc) is 3.56. The van der Waals surface area contributed by atoms with Crippen molar-refractivity contribution in [3.63, 3.8) is 0 Å². The van der Waals surface area contributed by atoms with Crippen LogP contribution in [0.3, 0.4) is 0 Å². The summed E-state index contributed by atoms with van der Waals surface area (Å²) < 4.78 is 48.5. The van der Waals surface area contributed by atoms with Gasteiger partial charge in [-0.3, -0.25) is 4.98 Å². The minimum atomic E-state index is -0.710. The van der Waals surface area contributed by atoms with E-state index in [0.29, 0.717) is 42.9 Å². The largest absolute Gasteiger partial charge is 0.489 e. The molecule has 9 heteroatoms. The minimum Gasteiger partial charge on any atom is -0.489 e. The Morgan fingerprint density at radius 3 is 2.24 bits per heavy atom. The van der Waals surface area contributed by atoms with Crippen LogP contribution < -0.4 is 14.2 Å². The van der Waals surface area contributed by atoms with E-state index in [1.165, 1.54) is 0 Å². The van der Waals surface area contributed by atoms with Crippen LogP contribution in [0.5, 0.6) is 17.6 Å². The topological polar surface area (TPSA) is 69.6 Å². The van der Waals surface area contributed by atoms with Crippen LogP contribution in [0.1, 0.15) is 36.8 Å². The van der Waals surface area contributed by atoms with E-state index in [1.807, 2.05) is 97.1 Å². The first-order chi connectivity index (χ1) is 24.1. The monoisotopic (exact) mass is 660 g/mol. The maximum Gasteiger partial charge on any atom is 0.320 e. The number of pyridine rings is 1. The highest BCUT2D eigenvalue weighted by atomic mass is 19.1. The van der Waals surface area contributed by atoms with E-state index < -0.39 is 12.0 Å². The summed E-state index contributed by atoms with van der Waals surface area (Å²) >= 11 is 0. The highest BCUT2D eigenvalue weighted by Gasteiger charge is 2.22. The van der Waals surface area contributed by atoms with E-state index >= 15 is 4.39 Å². The fourth-order valence-corrected chi connectivity index (χ4v) is 6.17. The van der Waals surface area contributed by atoms with Crippen LogP contribution in [0, 0.1) is 5.82 Å². The van der Waals surface area contributed by atoms with E-state index in [9.17, 15) is 4.39 Å². The highest BCUT2D eigenvalue weighted by molar-refractivity contribution is 5.99. The number of ether oxygens (including phenoxy) is 3. The molecule has 0 N–H and O–H groups in total. The van der Waals surface area contributed by atoms with Crippen LogP contribution in [-0.2, 0) is 13.2 Å². The zero-order valence-electron chi connectivity index (χ0n) is 27.2. The molecule has 1 saturated heterocycles. The van der Waals surface area contributed by atoms with Crippen molar-refractivity contribution in [2.75, 3.05) is 26.2 Å². The molecule has 250 valence electrons. The van der Waals surface area contributed by atoms with Crippen molar-refractivity contribution in [1.82, 2.24) is 19.9 Å². The fraction of sp³-hybridized carbons (Fsp3) is 0.275. The predicted molar refractivity (Wildman–Crippen MR) is 187 cm³/mol. The Labute approximate surface area is 284 Å². The van der Waals surface area contributed by atoms with Crippen LogP contribution >= 0.6 is 0 Å². The zero-order valence-corrected chi connectivity index (χ0v) is 27.2. The summed E-state index contributed by atoms with van der Waals surface area (Å²) in [6, 6.07) is 31.2. The van der Waals surface area contributed by atoms with Gasteiger partial charge in [-0.2, -0.15) is 9.97 Å². The van der Waals surface area contributed by atoms with Crippen LogP contribution in [0.4, 0.5) is 8.78 Å². The van der Waals surface area contributed by atoms with Crippen molar-refractivity contribution in [2.45, 2.75) is 45.1 Å². The Morgan fingerprint density at radius 1 is 0.755 bits per heavy atom. The lowest BCUT2D eigenvalue weighted by Crippen LogP contribution is -2.22. The number of aromatic nitrogens is 3. The van der Waals surface area contributed by atoms with Gasteiger partial charge in [-0.25, -0.2) is 8.78 Å². The molecule has 7 rings (SSSR count). The fourth-order valence-electron chi connectivity index (χ4n) is 6.17. The number of hydrogen-bond donors (Lipinski definition) is 0. The molecule has 0 unspecified atom stereocenters. The Hall–Kier alpha value is -5.15. The maximum absolute atomic E-state index is 16.7. The highest BCUT2D eigenvalue weighted by Crippen LogP contribution is 2.37. The number of hydrogen-bond acceptors (Lipinski definition) is 7. The molecule has 0 amide bonds. The van der Waals surface area contributed by atoms with Gasteiger partial charge in [0.15, 0.2) is 5.82 Å². The summed E-state index contributed by atoms with van der Waals surface area (Å²) in [5.74, 6) is 0.199. The lowest BCUT2D eigenvalue weighted by molar-refractivity contribution is 0.255. The number of rotatable bonds is 14. The van der Waals surface area contributed by atoms with Crippen LogP contribution in [-0.4, -0.2) is 52.3 Å². The molecule has 3 heterocycles. The third-order valence-corrected chi connectivity index (χ3v) is 8.75. The van der Waals surface area contributed by atoms with Gasteiger partial charge in [-0.05, 0) is 66.3 Å². The SMILES string of the molecule is Fc1c(-c2cc(OCc3ccccc3)cc3ccccc23)ncc2c(OCc3ccccc3)nc(OCCCCCN3CC[C@@H](F)C3)nc12. The molecule has 1 aliphatic rings. The lowest BCUT2D eigenvalue weighted by atomic mass is 10.00. The molecule has 0 aliphatic carbocycles. The van der Waals surface area contributed by atoms with Gasteiger partial charge in [-0.1, -0.05) is 84.9 Å². The zero-order chi connectivity index (χ0) is 33.4. The maximum atomic E-state index is 16.7. The van der Waals surface area contributed by atoms with Crippen molar-refractivity contribution in [2.24, 2.45) is 0 Å². The van der Waals surface area contributed by atoms with E-state index in [2.05, 4.69) is 19.9 Å². The Balaban J connectivity index is 1.17. The molecule has 0 bridgehead atoms. The third kappa shape index (κ3) is 7.95. The van der Waals surface area contributed by atoms with Gasteiger partial charge in [0, 0.05) is 24.8 Å². The first-order valence-electron chi connectivity index (χ1n) is 16.8. The lowest BCUT2D eigenvalue weighted by Gasteiger charge is -2.15. The van der Waals surface area contributed by atoms with Crippen molar-refractivity contribution in [3.05, 3.63) is 120 Å². The van der Waals surface area contributed by atoms with Gasteiger partial charge in [0.1, 0.15) is 36.3 Å². The molecule has 2 aromatic heterocycles. The Kier molecular flexibility index (Phi) is 10.2. The number of halogens is 2. The van der Waals surface area contributed by atoms with Gasteiger partial charge in [0.2, 0.25) is 5.88 Å². The smallest absolute Gasteiger partial charge is 0.320 e. The number of likely N-dealkylation sites (tertiary alicyclic amines) is 1. The molecule has 0 spiro atoms. The standard InChI is InChI=1S/C40H38F2N4O3/c41-31-18-20-46(25-31)19-10-3-11-21-47-40-44-38-35(39(45-40)49-27-29-14-6-2-7-15-29)24-43-37(36(38)42)34-23-32(22-30-16-8-9-17-33(30)34)48-26-28-12-4-1-5-13-28/h1-2,4-9,12-17,22-24,31H,3,10-11,18-21,25-27H2/t31-/m1/s1. The van der Waals surface area contributed by atoms with E-state index in [0.717, 1.165) is 54.3 Å². The summed E-state index contributed by atoms with van der Waals surface area (Å²) in [6.45, 7) is 3.18. The molecular weight excluding hydrogens is 622 g/mol. The number of nitrogens with zero attached hydrogens (tertiary/aromatic N) is 4. The molecule has 7 nitrogen and oxygen atoms in total. The van der Waals surface area contributed by atoms with Crippen molar-refractivity contribution < 1.29 is 23.0 Å². The summed E-state index contributed by atoms with van der Waals surface area (Å²) in [6.07, 6.45) is 4.10. The summed E-state index contributed by atoms with van der Waals surface area (Å²) in [4.78, 5) is 15.8. The number of fused-ring (bicyclic) bond motifs is 2.